The number of carbonyl (C=O) groups excluding carboxylic acids is 1. The molecule has 0 N–H and O–H groups in total. The van der Waals surface area contributed by atoms with Gasteiger partial charge in [0.15, 0.2) is 0 Å². The Balaban J connectivity index is 1.70. The lowest BCUT2D eigenvalue weighted by atomic mass is 9.87. The second-order valence-corrected chi connectivity index (χ2v) is 7.75. The van der Waals surface area contributed by atoms with Crippen LogP contribution in [-0.2, 0) is 20.0 Å². The van der Waals surface area contributed by atoms with Gasteiger partial charge in [0.25, 0.3) is 5.91 Å². The molecule has 1 aliphatic rings. The van der Waals surface area contributed by atoms with E-state index >= 15 is 0 Å². The Bertz CT molecular complexity index is 988. The van der Waals surface area contributed by atoms with Crippen molar-refractivity contribution in [3.8, 4) is 5.69 Å². The van der Waals surface area contributed by atoms with Crippen molar-refractivity contribution in [2.75, 3.05) is 6.54 Å². The predicted molar refractivity (Wildman–Crippen MR) is 96.8 cm³/mol. The van der Waals surface area contributed by atoms with E-state index in [4.69, 9.17) is 0 Å². The molecule has 1 aliphatic heterocycles. The predicted octanol–water partition coefficient (Wildman–Crippen LogP) is 2.36. The maximum Gasteiger partial charge on any atom is 0.293 e. The zero-order valence-corrected chi connectivity index (χ0v) is 15.6. The maximum absolute atomic E-state index is 13.3. The van der Waals surface area contributed by atoms with Gasteiger partial charge in [0.2, 0.25) is 5.82 Å². The molecule has 140 valence electrons. The second kappa shape index (κ2) is 6.29. The van der Waals surface area contributed by atoms with Crippen LogP contribution in [0.25, 0.3) is 5.69 Å². The summed E-state index contributed by atoms with van der Waals surface area (Å²) in [5, 5.41) is 8.64. The molecule has 3 heterocycles. The lowest BCUT2D eigenvalue weighted by molar-refractivity contribution is 0.0667. The van der Waals surface area contributed by atoms with E-state index in [1.165, 1.54) is 23.1 Å². The summed E-state index contributed by atoms with van der Waals surface area (Å²) in [5.74, 6) is -0.273. The molecule has 0 aliphatic carbocycles. The van der Waals surface area contributed by atoms with E-state index in [0.717, 1.165) is 23.4 Å². The van der Waals surface area contributed by atoms with Crippen molar-refractivity contribution >= 4 is 5.91 Å². The highest BCUT2D eigenvalue weighted by Gasteiger charge is 2.34. The zero-order valence-electron chi connectivity index (χ0n) is 15.6. The standard InChI is InChI=1S/C19H21FN6O/c1-19(2)8-16-13(9-22-26(16)15-6-4-14(20)5-7-15)10-25(11-19)18(27)17-21-12-24(3)23-17/h4-7,9,12H,8,10-11H2,1-3H3. The minimum absolute atomic E-state index is 0.159. The minimum atomic E-state index is -0.281. The highest BCUT2D eigenvalue weighted by molar-refractivity contribution is 5.90. The monoisotopic (exact) mass is 368 g/mol. The van der Waals surface area contributed by atoms with Gasteiger partial charge < -0.3 is 4.90 Å². The molecule has 0 bridgehead atoms. The van der Waals surface area contributed by atoms with Crippen LogP contribution in [-0.4, -0.2) is 41.9 Å². The van der Waals surface area contributed by atoms with Gasteiger partial charge in [-0.15, -0.1) is 5.10 Å². The molecule has 3 aromatic rings. The molecule has 1 amide bonds. The third-order valence-electron chi connectivity index (χ3n) is 4.73. The van der Waals surface area contributed by atoms with Gasteiger partial charge in [0, 0.05) is 31.4 Å². The molecule has 2 aromatic heterocycles. The summed E-state index contributed by atoms with van der Waals surface area (Å²) < 4.78 is 16.6. The molecule has 0 fully saturated rings. The molecule has 0 unspecified atom stereocenters. The number of nitrogens with zero attached hydrogens (tertiary/aromatic N) is 6. The van der Waals surface area contributed by atoms with Gasteiger partial charge in [-0.3, -0.25) is 9.48 Å². The van der Waals surface area contributed by atoms with Gasteiger partial charge in [-0.2, -0.15) is 5.10 Å². The lowest BCUT2D eigenvalue weighted by Gasteiger charge is -2.29. The Morgan fingerprint density at radius 1 is 1.22 bits per heavy atom. The third kappa shape index (κ3) is 3.34. The van der Waals surface area contributed by atoms with Crippen molar-refractivity contribution in [3.05, 3.63) is 59.7 Å². The van der Waals surface area contributed by atoms with E-state index in [-0.39, 0.29) is 23.0 Å². The summed E-state index contributed by atoms with van der Waals surface area (Å²) >= 11 is 0. The highest BCUT2D eigenvalue weighted by Crippen LogP contribution is 2.32. The van der Waals surface area contributed by atoms with Crippen molar-refractivity contribution in [1.82, 2.24) is 29.4 Å². The summed E-state index contributed by atoms with van der Waals surface area (Å²) in [6.07, 6.45) is 4.06. The number of aromatic nitrogens is 5. The van der Waals surface area contributed by atoms with Gasteiger partial charge in [-0.25, -0.2) is 14.1 Å². The van der Waals surface area contributed by atoms with Gasteiger partial charge in [-0.05, 0) is 36.1 Å². The maximum atomic E-state index is 13.3. The van der Waals surface area contributed by atoms with E-state index in [1.54, 1.807) is 30.3 Å². The molecule has 7 nitrogen and oxygen atoms in total. The average Bonchev–Trinajstić information content (AvgIpc) is 3.17. The molecular formula is C19H21FN6O. The number of hydrogen-bond acceptors (Lipinski definition) is 4. The first-order chi connectivity index (χ1) is 12.8. The van der Waals surface area contributed by atoms with E-state index in [9.17, 15) is 9.18 Å². The van der Waals surface area contributed by atoms with E-state index in [0.29, 0.717) is 13.1 Å². The number of benzene rings is 1. The van der Waals surface area contributed by atoms with Crippen LogP contribution in [0.5, 0.6) is 0 Å². The summed E-state index contributed by atoms with van der Waals surface area (Å²) in [6.45, 7) is 5.27. The Morgan fingerprint density at radius 2 is 1.96 bits per heavy atom. The molecule has 4 rings (SSSR count). The Hall–Kier alpha value is -3.03. The van der Waals surface area contributed by atoms with Crippen LogP contribution in [0.2, 0.25) is 0 Å². The highest BCUT2D eigenvalue weighted by atomic mass is 19.1. The van der Waals surface area contributed by atoms with Gasteiger partial charge in [-0.1, -0.05) is 13.8 Å². The number of halogens is 1. The number of carbonyl (C=O) groups is 1. The fourth-order valence-electron chi connectivity index (χ4n) is 3.54. The van der Waals surface area contributed by atoms with Crippen molar-refractivity contribution < 1.29 is 9.18 Å². The molecule has 0 saturated carbocycles. The quantitative estimate of drug-likeness (QED) is 0.696. The number of aryl methyl sites for hydroxylation is 1. The fourth-order valence-corrected chi connectivity index (χ4v) is 3.54. The van der Waals surface area contributed by atoms with Crippen molar-refractivity contribution in [2.24, 2.45) is 12.5 Å². The smallest absolute Gasteiger partial charge is 0.293 e. The molecule has 0 atom stereocenters. The summed E-state index contributed by atoms with van der Waals surface area (Å²) in [4.78, 5) is 18.8. The second-order valence-electron chi connectivity index (χ2n) is 7.75. The van der Waals surface area contributed by atoms with E-state index < -0.39 is 0 Å². The van der Waals surface area contributed by atoms with Crippen LogP contribution in [0.1, 0.15) is 35.7 Å². The molecule has 0 radical (unpaired) electrons. The largest absolute Gasteiger partial charge is 0.331 e. The minimum Gasteiger partial charge on any atom is -0.331 e. The van der Waals surface area contributed by atoms with Crippen LogP contribution in [0.4, 0.5) is 4.39 Å². The van der Waals surface area contributed by atoms with Crippen LogP contribution < -0.4 is 0 Å². The zero-order chi connectivity index (χ0) is 19.2. The molecular weight excluding hydrogens is 347 g/mol. The van der Waals surface area contributed by atoms with Crippen molar-refractivity contribution in [1.29, 1.82) is 0 Å². The Kier molecular flexibility index (Phi) is 4.05. The first kappa shape index (κ1) is 17.4. The summed E-state index contributed by atoms with van der Waals surface area (Å²) in [6, 6.07) is 6.27. The van der Waals surface area contributed by atoms with Gasteiger partial charge in [0.1, 0.15) is 12.1 Å². The molecule has 0 spiro atoms. The van der Waals surface area contributed by atoms with Crippen molar-refractivity contribution in [2.45, 2.75) is 26.8 Å². The average molecular weight is 368 g/mol. The molecule has 0 saturated heterocycles. The summed E-state index contributed by atoms with van der Waals surface area (Å²) in [5.41, 5.74) is 2.66. The normalized spacial score (nSPS) is 16.1. The Labute approximate surface area is 156 Å². The number of rotatable bonds is 2. The van der Waals surface area contributed by atoms with E-state index in [1.807, 2.05) is 4.68 Å². The van der Waals surface area contributed by atoms with Crippen molar-refractivity contribution in [3.63, 3.8) is 0 Å². The van der Waals surface area contributed by atoms with E-state index in [2.05, 4.69) is 29.0 Å². The van der Waals surface area contributed by atoms with Gasteiger partial charge >= 0.3 is 0 Å². The Morgan fingerprint density at radius 3 is 2.63 bits per heavy atom. The van der Waals surface area contributed by atoms with Crippen LogP contribution in [0, 0.1) is 11.2 Å². The first-order valence-corrected chi connectivity index (χ1v) is 8.79. The number of hydrogen-bond donors (Lipinski definition) is 0. The first-order valence-electron chi connectivity index (χ1n) is 8.79. The van der Waals surface area contributed by atoms with Crippen LogP contribution in [0.3, 0.4) is 0 Å². The van der Waals surface area contributed by atoms with Crippen LogP contribution >= 0.6 is 0 Å². The number of amides is 1. The third-order valence-corrected chi connectivity index (χ3v) is 4.73. The lowest BCUT2D eigenvalue weighted by Crippen LogP contribution is -2.38. The molecule has 8 heteroatoms. The molecule has 1 aromatic carbocycles. The topological polar surface area (TPSA) is 68.8 Å². The van der Waals surface area contributed by atoms with Crippen LogP contribution in [0.15, 0.2) is 36.8 Å². The van der Waals surface area contributed by atoms with Gasteiger partial charge in [0.05, 0.1) is 11.9 Å². The SMILES string of the molecule is Cn1cnc(C(=O)N2Cc3cnn(-c4ccc(F)cc4)c3CC(C)(C)C2)n1. The number of fused-ring (bicyclic) bond motifs is 1. The summed E-state index contributed by atoms with van der Waals surface area (Å²) in [7, 11) is 1.74. The fraction of sp³-hybridized carbons (Fsp3) is 0.368. The molecule has 27 heavy (non-hydrogen) atoms.